The molecule has 1 fully saturated rings. The molecule has 1 rings (SSSR count). The van der Waals surface area contributed by atoms with Gasteiger partial charge >= 0.3 is 0 Å². The first-order valence-corrected chi connectivity index (χ1v) is 4.73. The van der Waals surface area contributed by atoms with Gasteiger partial charge in [-0.25, -0.2) is 0 Å². The second kappa shape index (κ2) is 4.73. The first-order valence-electron chi connectivity index (χ1n) is 4.73. The van der Waals surface area contributed by atoms with Crippen molar-refractivity contribution in [2.24, 2.45) is 5.92 Å². The zero-order valence-electron chi connectivity index (χ0n) is 7.34. The van der Waals surface area contributed by atoms with Crippen LogP contribution in [0.25, 0.3) is 0 Å². The maximum Gasteiger partial charge on any atom is 0.0692 e. The normalized spacial score (nSPS) is 21.3. The predicted molar refractivity (Wildman–Crippen MR) is 46.5 cm³/mol. The Balaban J connectivity index is 1.96. The summed E-state index contributed by atoms with van der Waals surface area (Å²) in [6.07, 6.45) is 4.84. The van der Waals surface area contributed by atoms with Crippen LogP contribution >= 0.6 is 0 Å². The van der Waals surface area contributed by atoms with E-state index in [9.17, 15) is 5.11 Å². The summed E-state index contributed by atoms with van der Waals surface area (Å²) >= 11 is 0. The summed E-state index contributed by atoms with van der Waals surface area (Å²) in [5.74, 6) is 0.597. The summed E-state index contributed by atoms with van der Waals surface area (Å²) in [5.41, 5.74) is 0. The third kappa shape index (κ3) is 2.80. The molecule has 0 saturated heterocycles. The monoisotopic (exact) mass is 157 g/mol. The number of hydrogen-bond donors (Lipinski definition) is 2. The van der Waals surface area contributed by atoms with Crippen molar-refractivity contribution in [2.75, 3.05) is 13.1 Å². The minimum Gasteiger partial charge on any atom is -0.392 e. The van der Waals surface area contributed by atoms with Gasteiger partial charge < -0.3 is 10.4 Å². The van der Waals surface area contributed by atoms with Crippen molar-refractivity contribution in [3.8, 4) is 0 Å². The van der Waals surface area contributed by atoms with Crippen LogP contribution in [0.15, 0.2) is 0 Å². The lowest BCUT2D eigenvalue weighted by molar-refractivity contribution is 0.0626. The molecule has 0 spiro atoms. The van der Waals surface area contributed by atoms with E-state index in [4.69, 9.17) is 0 Å². The van der Waals surface area contributed by atoms with E-state index < -0.39 is 0 Å². The van der Waals surface area contributed by atoms with Crippen LogP contribution in [0.2, 0.25) is 0 Å². The highest BCUT2D eigenvalue weighted by Crippen LogP contribution is 2.29. The van der Waals surface area contributed by atoms with Crippen LogP contribution in [0.5, 0.6) is 0 Å². The average Bonchev–Trinajstić information content (AvgIpc) is 1.84. The molecule has 0 amide bonds. The van der Waals surface area contributed by atoms with E-state index in [1.54, 1.807) is 0 Å². The lowest BCUT2D eigenvalue weighted by Crippen LogP contribution is -2.36. The van der Waals surface area contributed by atoms with E-state index >= 15 is 0 Å². The van der Waals surface area contributed by atoms with Crippen LogP contribution in [-0.4, -0.2) is 24.3 Å². The highest BCUT2D eigenvalue weighted by Gasteiger charge is 2.24. The third-order valence-corrected chi connectivity index (χ3v) is 2.47. The molecule has 1 atom stereocenters. The third-order valence-electron chi connectivity index (χ3n) is 2.47. The van der Waals surface area contributed by atoms with Crippen LogP contribution in [0, 0.1) is 5.92 Å². The molecular formula is C9H19NO. The molecule has 2 heteroatoms. The molecule has 2 nitrogen and oxygen atoms in total. The first-order chi connectivity index (χ1) is 5.34. The Labute approximate surface area is 69.0 Å². The SMILES string of the molecule is CCCNCC(O)C1CCC1. The zero-order valence-corrected chi connectivity index (χ0v) is 7.34. The Morgan fingerprint density at radius 1 is 1.55 bits per heavy atom. The van der Waals surface area contributed by atoms with Gasteiger partial charge in [-0.05, 0) is 31.7 Å². The molecular weight excluding hydrogens is 138 g/mol. The summed E-state index contributed by atoms with van der Waals surface area (Å²) in [7, 11) is 0. The number of aliphatic hydroxyl groups excluding tert-OH is 1. The fourth-order valence-corrected chi connectivity index (χ4v) is 1.42. The standard InChI is InChI=1S/C9H19NO/c1-2-6-10-7-9(11)8-4-3-5-8/h8-11H,2-7H2,1H3. The Bertz CT molecular complexity index is 102. The van der Waals surface area contributed by atoms with Crippen molar-refractivity contribution < 1.29 is 5.11 Å². The fourth-order valence-electron chi connectivity index (χ4n) is 1.42. The quantitative estimate of drug-likeness (QED) is 0.587. The highest BCUT2D eigenvalue weighted by molar-refractivity contribution is 4.78. The molecule has 1 saturated carbocycles. The van der Waals surface area contributed by atoms with Gasteiger partial charge in [-0.1, -0.05) is 13.3 Å². The van der Waals surface area contributed by atoms with Gasteiger partial charge in [0, 0.05) is 6.54 Å². The summed E-state index contributed by atoms with van der Waals surface area (Å²) in [6, 6.07) is 0. The van der Waals surface area contributed by atoms with Crippen molar-refractivity contribution in [2.45, 2.75) is 38.7 Å². The molecule has 11 heavy (non-hydrogen) atoms. The van der Waals surface area contributed by atoms with Gasteiger partial charge in [0.2, 0.25) is 0 Å². The molecule has 1 aliphatic rings. The number of nitrogens with one attached hydrogen (secondary N) is 1. The largest absolute Gasteiger partial charge is 0.392 e. The van der Waals surface area contributed by atoms with Crippen LogP contribution in [0.1, 0.15) is 32.6 Å². The van der Waals surface area contributed by atoms with E-state index in [1.165, 1.54) is 19.3 Å². The van der Waals surface area contributed by atoms with Gasteiger partial charge in [-0.15, -0.1) is 0 Å². The van der Waals surface area contributed by atoms with Gasteiger partial charge in [-0.2, -0.15) is 0 Å². The van der Waals surface area contributed by atoms with E-state index in [2.05, 4.69) is 12.2 Å². The van der Waals surface area contributed by atoms with Gasteiger partial charge in [0.1, 0.15) is 0 Å². The summed E-state index contributed by atoms with van der Waals surface area (Å²) < 4.78 is 0. The molecule has 0 aromatic rings. The molecule has 0 aliphatic heterocycles. The van der Waals surface area contributed by atoms with E-state index in [0.717, 1.165) is 19.5 Å². The molecule has 0 aromatic carbocycles. The summed E-state index contributed by atoms with van der Waals surface area (Å²) in [5, 5.41) is 12.8. The Morgan fingerprint density at radius 2 is 2.27 bits per heavy atom. The fraction of sp³-hybridized carbons (Fsp3) is 1.00. The van der Waals surface area contributed by atoms with Crippen molar-refractivity contribution in [1.29, 1.82) is 0 Å². The Kier molecular flexibility index (Phi) is 3.87. The van der Waals surface area contributed by atoms with E-state index in [1.807, 2.05) is 0 Å². The molecule has 0 aromatic heterocycles. The Hall–Kier alpha value is -0.0800. The van der Waals surface area contributed by atoms with Crippen LogP contribution in [0.4, 0.5) is 0 Å². The topological polar surface area (TPSA) is 32.3 Å². The number of hydrogen-bond acceptors (Lipinski definition) is 2. The minimum atomic E-state index is -0.0877. The van der Waals surface area contributed by atoms with E-state index in [0.29, 0.717) is 5.92 Å². The summed E-state index contributed by atoms with van der Waals surface area (Å²) in [6.45, 7) is 3.96. The van der Waals surface area contributed by atoms with Crippen LogP contribution in [0.3, 0.4) is 0 Å². The second-order valence-corrected chi connectivity index (χ2v) is 3.46. The lowest BCUT2D eigenvalue weighted by atomic mass is 9.81. The van der Waals surface area contributed by atoms with Crippen LogP contribution < -0.4 is 5.32 Å². The maximum atomic E-state index is 9.53. The van der Waals surface area contributed by atoms with Crippen molar-refractivity contribution >= 4 is 0 Å². The van der Waals surface area contributed by atoms with Crippen molar-refractivity contribution in [1.82, 2.24) is 5.32 Å². The number of aliphatic hydroxyl groups is 1. The molecule has 66 valence electrons. The van der Waals surface area contributed by atoms with Crippen molar-refractivity contribution in [3.63, 3.8) is 0 Å². The summed E-state index contributed by atoms with van der Waals surface area (Å²) in [4.78, 5) is 0. The minimum absolute atomic E-state index is 0.0877. The molecule has 1 aliphatic carbocycles. The number of rotatable bonds is 5. The molecule has 0 heterocycles. The average molecular weight is 157 g/mol. The lowest BCUT2D eigenvalue weighted by Gasteiger charge is -2.30. The molecule has 0 radical (unpaired) electrons. The second-order valence-electron chi connectivity index (χ2n) is 3.46. The predicted octanol–water partition coefficient (Wildman–Crippen LogP) is 1.15. The highest BCUT2D eigenvalue weighted by atomic mass is 16.3. The smallest absolute Gasteiger partial charge is 0.0692 e. The van der Waals surface area contributed by atoms with Gasteiger partial charge in [0.05, 0.1) is 6.10 Å². The van der Waals surface area contributed by atoms with Gasteiger partial charge in [0.15, 0.2) is 0 Å². The van der Waals surface area contributed by atoms with Crippen molar-refractivity contribution in [3.05, 3.63) is 0 Å². The van der Waals surface area contributed by atoms with Gasteiger partial charge in [0.25, 0.3) is 0 Å². The van der Waals surface area contributed by atoms with E-state index in [-0.39, 0.29) is 6.10 Å². The zero-order chi connectivity index (χ0) is 8.10. The molecule has 2 N–H and O–H groups in total. The molecule has 0 bridgehead atoms. The Morgan fingerprint density at radius 3 is 2.73 bits per heavy atom. The van der Waals surface area contributed by atoms with Gasteiger partial charge in [-0.3, -0.25) is 0 Å². The first kappa shape index (κ1) is 9.01. The van der Waals surface area contributed by atoms with Crippen LogP contribution in [-0.2, 0) is 0 Å². The molecule has 1 unspecified atom stereocenters. The maximum absolute atomic E-state index is 9.53.